The summed E-state index contributed by atoms with van der Waals surface area (Å²) in [6.45, 7) is -0.348. The number of rotatable bonds is 6. The Hall–Kier alpha value is -2.47. The molecule has 1 atom stereocenters. The zero-order valence-corrected chi connectivity index (χ0v) is 14.9. The number of hydrogen-bond donors (Lipinski definition) is 3. The molecule has 2 rings (SSSR count). The van der Waals surface area contributed by atoms with Crippen LogP contribution in [0.1, 0.15) is 15.9 Å². The van der Waals surface area contributed by atoms with Gasteiger partial charge in [0.25, 0.3) is 5.56 Å². The van der Waals surface area contributed by atoms with Crippen LogP contribution in [0.5, 0.6) is 0 Å². The SMILES string of the molecule is N[C@H](Cn1cc(I)c(=O)n(Cc2ccc(C(=O)O)cc2)c1=O)C(=O)O. The molecule has 132 valence electrons. The fourth-order valence-corrected chi connectivity index (χ4v) is 2.74. The third-order valence-corrected chi connectivity index (χ3v) is 4.19. The molecule has 0 bridgehead atoms. The second kappa shape index (κ2) is 7.61. The average molecular weight is 459 g/mol. The van der Waals surface area contributed by atoms with Crippen molar-refractivity contribution < 1.29 is 19.8 Å². The molecule has 0 spiro atoms. The molecule has 0 aliphatic carbocycles. The van der Waals surface area contributed by atoms with Gasteiger partial charge in [-0.05, 0) is 40.3 Å². The fourth-order valence-electron chi connectivity index (χ4n) is 2.11. The minimum absolute atomic E-state index is 0.0727. The number of aromatic carboxylic acids is 1. The minimum atomic E-state index is -1.28. The Balaban J connectivity index is 2.41. The zero-order valence-electron chi connectivity index (χ0n) is 12.8. The molecule has 1 heterocycles. The monoisotopic (exact) mass is 459 g/mol. The van der Waals surface area contributed by atoms with Crippen molar-refractivity contribution in [3.8, 4) is 0 Å². The smallest absolute Gasteiger partial charge is 0.335 e. The molecule has 4 N–H and O–H groups in total. The van der Waals surface area contributed by atoms with Crippen LogP contribution in [0.2, 0.25) is 0 Å². The maximum Gasteiger partial charge on any atom is 0.335 e. The van der Waals surface area contributed by atoms with Crippen molar-refractivity contribution in [2.75, 3.05) is 0 Å². The third-order valence-electron chi connectivity index (χ3n) is 3.45. The summed E-state index contributed by atoms with van der Waals surface area (Å²) in [5.41, 5.74) is 4.88. The van der Waals surface area contributed by atoms with E-state index in [2.05, 4.69) is 0 Å². The first-order valence-corrected chi connectivity index (χ1v) is 8.09. The molecule has 25 heavy (non-hydrogen) atoms. The van der Waals surface area contributed by atoms with Crippen molar-refractivity contribution in [2.45, 2.75) is 19.1 Å². The summed E-state index contributed by atoms with van der Waals surface area (Å²) in [6, 6.07) is 4.46. The molecule has 1 aromatic heterocycles. The topological polar surface area (TPSA) is 145 Å². The standard InChI is InChI=1S/C15H14IN3O6/c16-10-6-18(7-11(17)14(23)24)15(25)19(12(10)20)5-8-1-3-9(4-2-8)13(21)22/h1-4,6,11H,5,7,17H2,(H,21,22)(H,23,24)/t11-/m1/s1. The lowest BCUT2D eigenvalue weighted by molar-refractivity contribution is -0.138. The van der Waals surface area contributed by atoms with Crippen molar-refractivity contribution in [3.63, 3.8) is 0 Å². The van der Waals surface area contributed by atoms with E-state index in [4.69, 9.17) is 15.9 Å². The van der Waals surface area contributed by atoms with E-state index in [1.165, 1.54) is 30.5 Å². The predicted molar refractivity (Wildman–Crippen MR) is 95.8 cm³/mol. The minimum Gasteiger partial charge on any atom is -0.480 e. The van der Waals surface area contributed by atoms with Crippen LogP contribution in [0.3, 0.4) is 0 Å². The van der Waals surface area contributed by atoms with Gasteiger partial charge in [-0.25, -0.2) is 9.59 Å². The van der Waals surface area contributed by atoms with Crippen LogP contribution >= 0.6 is 22.6 Å². The van der Waals surface area contributed by atoms with E-state index in [1.54, 1.807) is 22.6 Å². The van der Waals surface area contributed by atoms with Gasteiger partial charge in [-0.15, -0.1) is 0 Å². The Labute approximate surface area is 154 Å². The number of aromatic nitrogens is 2. The van der Waals surface area contributed by atoms with Gasteiger partial charge < -0.3 is 15.9 Å². The summed E-state index contributed by atoms with van der Waals surface area (Å²) in [5, 5.41) is 17.8. The highest BCUT2D eigenvalue weighted by molar-refractivity contribution is 14.1. The highest BCUT2D eigenvalue weighted by atomic mass is 127. The Morgan fingerprint density at radius 1 is 1.16 bits per heavy atom. The first-order valence-electron chi connectivity index (χ1n) is 7.01. The Morgan fingerprint density at radius 3 is 2.28 bits per heavy atom. The highest BCUT2D eigenvalue weighted by Crippen LogP contribution is 2.06. The molecule has 0 saturated carbocycles. The van der Waals surface area contributed by atoms with Crippen LogP contribution in [0.25, 0.3) is 0 Å². The lowest BCUT2D eigenvalue weighted by atomic mass is 10.1. The van der Waals surface area contributed by atoms with Crippen LogP contribution < -0.4 is 17.0 Å². The summed E-state index contributed by atoms with van der Waals surface area (Å²) < 4.78 is 2.26. The average Bonchev–Trinajstić information content (AvgIpc) is 2.56. The highest BCUT2D eigenvalue weighted by Gasteiger charge is 2.16. The molecule has 0 unspecified atom stereocenters. The number of nitrogens with two attached hydrogens (primary N) is 1. The van der Waals surface area contributed by atoms with E-state index < -0.39 is 29.2 Å². The first-order chi connectivity index (χ1) is 11.7. The number of carboxylic acids is 2. The Bertz CT molecular complexity index is 932. The summed E-state index contributed by atoms with van der Waals surface area (Å²) in [5.74, 6) is -2.34. The van der Waals surface area contributed by atoms with Gasteiger partial charge in [0, 0.05) is 6.20 Å². The zero-order chi connectivity index (χ0) is 18.7. The fraction of sp³-hybridized carbons (Fsp3) is 0.200. The van der Waals surface area contributed by atoms with E-state index in [0.717, 1.165) is 9.13 Å². The van der Waals surface area contributed by atoms with E-state index in [-0.39, 0.29) is 22.2 Å². The summed E-state index contributed by atoms with van der Waals surface area (Å²) >= 11 is 1.75. The van der Waals surface area contributed by atoms with Crippen molar-refractivity contribution in [3.05, 3.63) is 66.0 Å². The van der Waals surface area contributed by atoms with E-state index in [1.807, 2.05) is 0 Å². The van der Waals surface area contributed by atoms with Crippen LogP contribution in [-0.4, -0.2) is 37.3 Å². The number of aliphatic carboxylic acids is 1. The van der Waals surface area contributed by atoms with Crippen molar-refractivity contribution >= 4 is 34.5 Å². The van der Waals surface area contributed by atoms with Crippen molar-refractivity contribution in [1.29, 1.82) is 0 Å². The molecule has 0 fully saturated rings. The van der Waals surface area contributed by atoms with Gasteiger partial charge in [0.2, 0.25) is 0 Å². The molecule has 0 amide bonds. The predicted octanol–water partition coefficient (Wildman–Crippen LogP) is -0.227. The summed E-state index contributed by atoms with van der Waals surface area (Å²) in [7, 11) is 0. The first kappa shape index (κ1) is 18.9. The molecule has 0 saturated heterocycles. The molecular formula is C15H14IN3O6. The maximum absolute atomic E-state index is 12.5. The van der Waals surface area contributed by atoms with Gasteiger partial charge in [0.1, 0.15) is 6.04 Å². The molecule has 0 aliphatic heterocycles. The normalized spacial score (nSPS) is 11.9. The van der Waals surface area contributed by atoms with Crippen LogP contribution in [-0.2, 0) is 17.9 Å². The maximum atomic E-state index is 12.5. The number of carbonyl (C=O) groups is 2. The summed E-state index contributed by atoms with van der Waals surface area (Å²) in [6.07, 6.45) is 1.26. The Morgan fingerprint density at radius 2 is 1.76 bits per heavy atom. The second-order valence-electron chi connectivity index (χ2n) is 5.25. The number of carboxylic acid groups (broad SMARTS) is 2. The molecule has 0 aliphatic rings. The summed E-state index contributed by atoms with van der Waals surface area (Å²) in [4.78, 5) is 46.4. The number of halogens is 1. The van der Waals surface area contributed by atoms with E-state index >= 15 is 0 Å². The van der Waals surface area contributed by atoms with Gasteiger partial charge in [-0.1, -0.05) is 12.1 Å². The second-order valence-corrected chi connectivity index (χ2v) is 6.41. The number of benzene rings is 1. The molecule has 9 nitrogen and oxygen atoms in total. The van der Waals surface area contributed by atoms with E-state index in [0.29, 0.717) is 5.56 Å². The lowest BCUT2D eigenvalue weighted by Gasteiger charge is -2.13. The van der Waals surface area contributed by atoms with E-state index in [9.17, 15) is 19.2 Å². The van der Waals surface area contributed by atoms with Crippen LogP contribution in [0.15, 0.2) is 40.1 Å². The molecule has 1 aromatic carbocycles. The van der Waals surface area contributed by atoms with Crippen molar-refractivity contribution in [2.24, 2.45) is 5.73 Å². The van der Waals surface area contributed by atoms with Crippen molar-refractivity contribution in [1.82, 2.24) is 9.13 Å². The Kier molecular flexibility index (Phi) is 5.74. The van der Waals surface area contributed by atoms with Crippen LogP contribution in [0, 0.1) is 3.57 Å². The molecule has 0 radical (unpaired) electrons. The molecule has 2 aromatic rings. The van der Waals surface area contributed by atoms with Gasteiger partial charge in [0.05, 0.1) is 22.2 Å². The van der Waals surface area contributed by atoms with Gasteiger partial charge >= 0.3 is 17.6 Å². The third kappa shape index (κ3) is 4.33. The van der Waals surface area contributed by atoms with Gasteiger partial charge in [-0.2, -0.15) is 0 Å². The van der Waals surface area contributed by atoms with Gasteiger partial charge in [0.15, 0.2) is 0 Å². The lowest BCUT2D eigenvalue weighted by Crippen LogP contribution is -2.45. The molecular weight excluding hydrogens is 445 g/mol. The number of nitrogens with zero attached hydrogens (tertiary/aromatic N) is 2. The largest absolute Gasteiger partial charge is 0.480 e. The van der Waals surface area contributed by atoms with Gasteiger partial charge in [-0.3, -0.25) is 18.7 Å². The quantitative estimate of drug-likeness (QED) is 0.507. The number of hydrogen-bond acceptors (Lipinski definition) is 5. The molecule has 10 heteroatoms. The van der Waals surface area contributed by atoms with Crippen LogP contribution in [0.4, 0.5) is 0 Å².